The van der Waals surface area contributed by atoms with Crippen molar-refractivity contribution in [3.63, 3.8) is 0 Å². The highest BCUT2D eigenvalue weighted by Crippen LogP contribution is 2.39. The number of rotatable bonds is 5. The number of nitrogens with zero attached hydrogens (tertiary/aromatic N) is 3. The molecule has 0 radical (unpaired) electrons. The van der Waals surface area contributed by atoms with Gasteiger partial charge in [0.25, 0.3) is 5.91 Å². The van der Waals surface area contributed by atoms with Gasteiger partial charge in [0.1, 0.15) is 12.1 Å². The normalized spacial score (nSPS) is 21.5. The Morgan fingerprint density at radius 1 is 1.11 bits per heavy atom. The van der Waals surface area contributed by atoms with Crippen LogP contribution in [0, 0.1) is 6.92 Å². The molecule has 3 fully saturated rings. The molecule has 4 amide bonds. The summed E-state index contributed by atoms with van der Waals surface area (Å²) in [6.45, 7) is 2.42. The number of amides is 4. The number of carbonyl (C=O) groups is 3. The zero-order chi connectivity index (χ0) is 19.9. The fourth-order valence-electron chi connectivity index (χ4n) is 4.59. The van der Waals surface area contributed by atoms with Crippen molar-refractivity contribution in [2.45, 2.75) is 70.0 Å². The standard InChI is InChI=1S/C22H29N3O3/c1-16-6-8-17(9-7-16)14-24(18-10-11-18)19(26)15-25-20(27)22(23(2)21(25)28)12-4-3-5-13-22/h6-9,18H,3-5,10-15H2,1-2H3. The van der Waals surface area contributed by atoms with Crippen LogP contribution in [0.25, 0.3) is 0 Å². The zero-order valence-electron chi connectivity index (χ0n) is 16.8. The molecule has 0 atom stereocenters. The third kappa shape index (κ3) is 3.29. The smallest absolute Gasteiger partial charge is 0.327 e. The van der Waals surface area contributed by atoms with E-state index in [0.29, 0.717) is 19.4 Å². The highest BCUT2D eigenvalue weighted by molar-refractivity contribution is 6.09. The Bertz CT molecular complexity index is 779. The van der Waals surface area contributed by atoms with Crippen LogP contribution in [0.2, 0.25) is 0 Å². The molecule has 1 saturated heterocycles. The molecule has 0 aromatic heterocycles. The summed E-state index contributed by atoms with van der Waals surface area (Å²) in [7, 11) is 1.71. The molecule has 0 bridgehead atoms. The van der Waals surface area contributed by atoms with E-state index in [1.807, 2.05) is 36.1 Å². The van der Waals surface area contributed by atoms with Gasteiger partial charge in [0.2, 0.25) is 5.91 Å². The highest BCUT2D eigenvalue weighted by Gasteiger charge is 2.56. The molecule has 1 aromatic carbocycles. The molecule has 2 aliphatic carbocycles. The fourth-order valence-corrected chi connectivity index (χ4v) is 4.59. The van der Waals surface area contributed by atoms with Gasteiger partial charge in [-0.1, -0.05) is 49.1 Å². The Morgan fingerprint density at radius 3 is 2.36 bits per heavy atom. The quantitative estimate of drug-likeness (QED) is 0.734. The van der Waals surface area contributed by atoms with E-state index in [2.05, 4.69) is 0 Å². The first-order valence-electron chi connectivity index (χ1n) is 10.4. The van der Waals surface area contributed by atoms with Crippen molar-refractivity contribution in [3.8, 4) is 0 Å². The van der Waals surface area contributed by atoms with Crippen LogP contribution in [0.1, 0.15) is 56.1 Å². The molecular formula is C22H29N3O3. The molecule has 6 heteroatoms. The van der Waals surface area contributed by atoms with E-state index >= 15 is 0 Å². The molecule has 0 N–H and O–H groups in total. The van der Waals surface area contributed by atoms with Crippen molar-refractivity contribution in [3.05, 3.63) is 35.4 Å². The van der Waals surface area contributed by atoms with Gasteiger partial charge in [0.05, 0.1) is 0 Å². The maximum absolute atomic E-state index is 13.1. The largest absolute Gasteiger partial charge is 0.334 e. The fraction of sp³-hybridized carbons (Fsp3) is 0.591. The van der Waals surface area contributed by atoms with Crippen LogP contribution in [0.3, 0.4) is 0 Å². The predicted molar refractivity (Wildman–Crippen MR) is 105 cm³/mol. The van der Waals surface area contributed by atoms with E-state index in [1.165, 1.54) is 10.5 Å². The Balaban J connectivity index is 1.49. The van der Waals surface area contributed by atoms with Gasteiger partial charge in [0, 0.05) is 19.6 Å². The maximum atomic E-state index is 13.1. The minimum absolute atomic E-state index is 0.133. The third-order valence-corrected chi connectivity index (χ3v) is 6.56. The van der Waals surface area contributed by atoms with E-state index in [0.717, 1.165) is 37.7 Å². The van der Waals surface area contributed by atoms with Gasteiger partial charge in [-0.05, 0) is 38.2 Å². The molecule has 3 aliphatic rings. The van der Waals surface area contributed by atoms with E-state index < -0.39 is 5.54 Å². The molecule has 0 unspecified atom stereocenters. The van der Waals surface area contributed by atoms with Crippen LogP contribution < -0.4 is 0 Å². The maximum Gasteiger partial charge on any atom is 0.327 e. The average Bonchev–Trinajstić information content (AvgIpc) is 3.53. The van der Waals surface area contributed by atoms with E-state index in [-0.39, 0.29) is 30.4 Å². The van der Waals surface area contributed by atoms with Crippen molar-refractivity contribution in [2.75, 3.05) is 13.6 Å². The number of urea groups is 1. The number of aryl methyl sites for hydroxylation is 1. The summed E-state index contributed by atoms with van der Waals surface area (Å²) in [5, 5.41) is 0. The second-order valence-electron chi connectivity index (χ2n) is 8.56. The average molecular weight is 383 g/mol. The number of imide groups is 1. The molecule has 4 rings (SSSR count). The van der Waals surface area contributed by atoms with E-state index in [1.54, 1.807) is 11.9 Å². The van der Waals surface area contributed by atoms with Gasteiger partial charge in [-0.3, -0.25) is 14.5 Å². The van der Waals surface area contributed by atoms with E-state index in [9.17, 15) is 14.4 Å². The van der Waals surface area contributed by atoms with Gasteiger partial charge >= 0.3 is 6.03 Å². The topological polar surface area (TPSA) is 60.9 Å². The number of carbonyl (C=O) groups excluding carboxylic acids is 3. The summed E-state index contributed by atoms with van der Waals surface area (Å²) < 4.78 is 0. The van der Waals surface area contributed by atoms with Gasteiger partial charge in [0.15, 0.2) is 0 Å². The monoisotopic (exact) mass is 383 g/mol. The summed E-state index contributed by atoms with van der Waals surface area (Å²) >= 11 is 0. The van der Waals surface area contributed by atoms with Crippen molar-refractivity contribution in [1.82, 2.24) is 14.7 Å². The van der Waals surface area contributed by atoms with Crippen LogP contribution in [-0.2, 0) is 16.1 Å². The van der Waals surface area contributed by atoms with Gasteiger partial charge in [-0.25, -0.2) is 4.79 Å². The number of hydrogen-bond acceptors (Lipinski definition) is 3. The van der Waals surface area contributed by atoms with Crippen LogP contribution in [0.15, 0.2) is 24.3 Å². The first-order chi connectivity index (χ1) is 13.4. The number of likely N-dealkylation sites (N-methyl/N-ethyl adjacent to an activating group) is 1. The molecule has 6 nitrogen and oxygen atoms in total. The number of hydrogen-bond donors (Lipinski definition) is 0. The second-order valence-corrected chi connectivity index (χ2v) is 8.56. The highest BCUT2D eigenvalue weighted by atomic mass is 16.2. The van der Waals surface area contributed by atoms with Crippen molar-refractivity contribution >= 4 is 17.8 Å². The van der Waals surface area contributed by atoms with Crippen molar-refractivity contribution < 1.29 is 14.4 Å². The predicted octanol–water partition coefficient (Wildman–Crippen LogP) is 3.08. The van der Waals surface area contributed by atoms with Crippen LogP contribution in [0.5, 0.6) is 0 Å². The number of benzene rings is 1. The molecular weight excluding hydrogens is 354 g/mol. The van der Waals surface area contributed by atoms with Crippen LogP contribution in [0.4, 0.5) is 4.79 Å². The molecule has 28 heavy (non-hydrogen) atoms. The molecule has 1 heterocycles. The lowest BCUT2D eigenvalue weighted by atomic mass is 9.81. The Kier molecular flexibility index (Phi) is 4.89. The lowest BCUT2D eigenvalue weighted by Crippen LogP contribution is -2.49. The van der Waals surface area contributed by atoms with Crippen molar-refractivity contribution in [1.29, 1.82) is 0 Å². The van der Waals surface area contributed by atoms with Crippen molar-refractivity contribution in [2.24, 2.45) is 0 Å². The summed E-state index contributed by atoms with van der Waals surface area (Å²) in [6, 6.07) is 8.05. The van der Waals surface area contributed by atoms with Crippen LogP contribution in [-0.4, -0.2) is 57.7 Å². The Hall–Kier alpha value is -2.37. The summed E-state index contributed by atoms with van der Waals surface area (Å²) in [5.41, 5.74) is 1.53. The minimum Gasteiger partial charge on any atom is -0.334 e. The third-order valence-electron chi connectivity index (χ3n) is 6.56. The lowest BCUT2D eigenvalue weighted by Gasteiger charge is -2.35. The zero-order valence-corrected chi connectivity index (χ0v) is 16.8. The summed E-state index contributed by atoms with van der Waals surface area (Å²) in [4.78, 5) is 43.6. The minimum atomic E-state index is -0.725. The van der Waals surface area contributed by atoms with Crippen LogP contribution >= 0.6 is 0 Å². The first-order valence-corrected chi connectivity index (χ1v) is 10.4. The first kappa shape index (κ1) is 19.0. The Labute approximate surface area is 166 Å². The molecule has 150 valence electrons. The Morgan fingerprint density at radius 2 is 1.75 bits per heavy atom. The van der Waals surface area contributed by atoms with Gasteiger partial charge in [-0.2, -0.15) is 0 Å². The van der Waals surface area contributed by atoms with Gasteiger partial charge in [-0.15, -0.1) is 0 Å². The van der Waals surface area contributed by atoms with Gasteiger partial charge < -0.3 is 9.80 Å². The lowest BCUT2D eigenvalue weighted by molar-refractivity contribution is -0.141. The molecule has 1 spiro atoms. The molecule has 1 aliphatic heterocycles. The second kappa shape index (κ2) is 7.22. The molecule has 1 aromatic rings. The molecule has 2 saturated carbocycles. The SMILES string of the molecule is Cc1ccc(CN(C(=O)CN2C(=O)N(C)C3(CCCCC3)C2=O)C2CC2)cc1. The van der Waals surface area contributed by atoms with E-state index in [4.69, 9.17) is 0 Å². The summed E-state index contributed by atoms with van der Waals surface area (Å²) in [5.74, 6) is -0.315. The summed E-state index contributed by atoms with van der Waals surface area (Å²) in [6.07, 6.45) is 6.39.